The van der Waals surface area contributed by atoms with Crippen LogP contribution >= 0.6 is 0 Å². The molecule has 1 aromatic heterocycles. The highest BCUT2D eigenvalue weighted by atomic mass is 16.5. The van der Waals surface area contributed by atoms with Gasteiger partial charge in [-0.15, -0.1) is 5.10 Å². The third kappa shape index (κ3) is 2.62. The zero-order valence-corrected chi connectivity index (χ0v) is 9.96. The Hall–Kier alpha value is -1.47. The van der Waals surface area contributed by atoms with Crippen molar-refractivity contribution in [3.05, 3.63) is 11.4 Å². The number of carboxylic acid groups (broad SMARTS) is 1. The summed E-state index contributed by atoms with van der Waals surface area (Å²) in [6.45, 7) is 4.68. The van der Waals surface area contributed by atoms with Crippen LogP contribution in [0.25, 0.3) is 0 Å². The highest BCUT2D eigenvalue weighted by molar-refractivity contribution is 5.86. The Kier molecular flexibility index (Phi) is 3.39. The van der Waals surface area contributed by atoms with Crippen molar-refractivity contribution in [1.29, 1.82) is 0 Å². The van der Waals surface area contributed by atoms with Gasteiger partial charge in [-0.05, 0) is 14.0 Å². The molecule has 1 aliphatic heterocycles. The van der Waals surface area contributed by atoms with E-state index in [1.165, 1.54) is 0 Å². The number of aromatic nitrogens is 3. The molecule has 1 fully saturated rings. The van der Waals surface area contributed by atoms with Gasteiger partial charge in [-0.2, -0.15) is 0 Å². The maximum Gasteiger partial charge on any atom is 0.358 e. The number of ether oxygens (including phenoxy) is 1. The Bertz CT molecular complexity index is 418. The van der Waals surface area contributed by atoms with Crippen LogP contribution in [0, 0.1) is 6.92 Å². The van der Waals surface area contributed by atoms with Crippen LogP contribution in [0.2, 0.25) is 0 Å². The largest absolute Gasteiger partial charge is 0.476 e. The molecule has 0 spiro atoms. The number of hydrogen-bond donors (Lipinski definition) is 1. The van der Waals surface area contributed by atoms with Gasteiger partial charge in [0.25, 0.3) is 0 Å². The van der Waals surface area contributed by atoms with Gasteiger partial charge in [0.1, 0.15) is 0 Å². The molecule has 2 heterocycles. The SMILES string of the molecule is Cc1c(C(=O)O)nnn1CC1CN(C)CCO1. The van der Waals surface area contributed by atoms with Crippen molar-refractivity contribution in [2.24, 2.45) is 0 Å². The number of nitrogens with zero attached hydrogens (tertiary/aromatic N) is 4. The zero-order valence-electron chi connectivity index (χ0n) is 9.96. The minimum Gasteiger partial charge on any atom is -0.476 e. The van der Waals surface area contributed by atoms with Crippen molar-refractivity contribution in [1.82, 2.24) is 19.9 Å². The van der Waals surface area contributed by atoms with Crippen LogP contribution in [0.4, 0.5) is 0 Å². The second-order valence-electron chi connectivity index (χ2n) is 4.27. The molecule has 0 saturated carbocycles. The Morgan fingerprint density at radius 3 is 3.00 bits per heavy atom. The number of carbonyl (C=O) groups is 1. The van der Waals surface area contributed by atoms with Crippen LogP contribution < -0.4 is 0 Å². The lowest BCUT2D eigenvalue weighted by Gasteiger charge is -2.29. The first-order valence-corrected chi connectivity index (χ1v) is 5.51. The molecule has 7 heteroatoms. The van der Waals surface area contributed by atoms with Crippen LogP contribution in [-0.4, -0.2) is 63.8 Å². The van der Waals surface area contributed by atoms with Gasteiger partial charge < -0.3 is 14.7 Å². The van der Waals surface area contributed by atoms with Crippen LogP contribution in [0.3, 0.4) is 0 Å². The Morgan fingerprint density at radius 1 is 1.65 bits per heavy atom. The smallest absolute Gasteiger partial charge is 0.358 e. The lowest BCUT2D eigenvalue weighted by Crippen LogP contribution is -2.42. The third-order valence-corrected chi connectivity index (χ3v) is 2.90. The molecule has 0 bridgehead atoms. The molecule has 0 aromatic carbocycles. The number of likely N-dealkylation sites (N-methyl/N-ethyl adjacent to an activating group) is 1. The highest BCUT2D eigenvalue weighted by Gasteiger charge is 2.21. The van der Waals surface area contributed by atoms with E-state index in [1.54, 1.807) is 11.6 Å². The summed E-state index contributed by atoms with van der Waals surface area (Å²) in [5.41, 5.74) is 0.573. The minimum atomic E-state index is -1.05. The molecular formula is C10H16N4O3. The summed E-state index contributed by atoms with van der Waals surface area (Å²) < 4.78 is 7.19. The zero-order chi connectivity index (χ0) is 12.4. The molecule has 2 rings (SSSR count). The molecule has 1 atom stereocenters. The van der Waals surface area contributed by atoms with Gasteiger partial charge in [0.15, 0.2) is 5.69 Å². The van der Waals surface area contributed by atoms with E-state index in [0.717, 1.165) is 13.1 Å². The van der Waals surface area contributed by atoms with Crippen LogP contribution in [-0.2, 0) is 11.3 Å². The second kappa shape index (κ2) is 4.80. The van der Waals surface area contributed by atoms with Gasteiger partial charge >= 0.3 is 5.97 Å². The Balaban J connectivity index is 2.05. The van der Waals surface area contributed by atoms with Gasteiger partial charge in [0, 0.05) is 13.1 Å². The molecule has 1 N–H and O–H groups in total. The van der Waals surface area contributed by atoms with Crippen molar-refractivity contribution in [2.75, 3.05) is 26.7 Å². The van der Waals surface area contributed by atoms with Crippen molar-refractivity contribution < 1.29 is 14.6 Å². The first kappa shape index (κ1) is 12.0. The Labute approximate surface area is 99.0 Å². The molecule has 17 heavy (non-hydrogen) atoms. The van der Waals surface area contributed by atoms with E-state index in [9.17, 15) is 4.79 Å². The minimum absolute atomic E-state index is 0.00849. The first-order valence-electron chi connectivity index (χ1n) is 5.51. The predicted octanol–water partition coefficient (Wildman–Crippen LogP) is -0.385. The van der Waals surface area contributed by atoms with E-state index in [2.05, 4.69) is 15.2 Å². The normalized spacial score (nSPS) is 21.6. The summed E-state index contributed by atoms with van der Waals surface area (Å²) in [4.78, 5) is 13.0. The van der Waals surface area contributed by atoms with Gasteiger partial charge in [-0.1, -0.05) is 5.21 Å². The maximum absolute atomic E-state index is 10.8. The average molecular weight is 240 g/mol. The van der Waals surface area contributed by atoms with E-state index < -0.39 is 5.97 Å². The molecule has 1 saturated heterocycles. The van der Waals surface area contributed by atoms with Gasteiger partial charge in [-0.3, -0.25) is 0 Å². The van der Waals surface area contributed by atoms with E-state index in [1.807, 2.05) is 7.05 Å². The van der Waals surface area contributed by atoms with Gasteiger partial charge in [0.2, 0.25) is 0 Å². The molecule has 1 aliphatic rings. The molecule has 7 nitrogen and oxygen atoms in total. The molecular weight excluding hydrogens is 224 g/mol. The third-order valence-electron chi connectivity index (χ3n) is 2.90. The molecule has 1 unspecified atom stereocenters. The first-order chi connectivity index (χ1) is 8.08. The summed E-state index contributed by atoms with van der Waals surface area (Å²) in [6, 6.07) is 0. The molecule has 1 aromatic rings. The summed E-state index contributed by atoms with van der Waals surface area (Å²) in [7, 11) is 2.03. The van der Waals surface area contributed by atoms with Gasteiger partial charge in [-0.25, -0.2) is 9.48 Å². The van der Waals surface area contributed by atoms with E-state index >= 15 is 0 Å². The topological polar surface area (TPSA) is 80.5 Å². The fourth-order valence-corrected chi connectivity index (χ4v) is 1.90. The van der Waals surface area contributed by atoms with Crippen LogP contribution in [0.1, 0.15) is 16.2 Å². The van der Waals surface area contributed by atoms with Crippen molar-refractivity contribution >= 4 is 5.97 Å². The van der Waals surface area contributed by atoms with Gasteiger partial charge in [0.05, 0.1) is 24.9 Å². The number of carboxylic acids is 1. The number of aromatic carboxylic acids is 1. The lowest BCUT2D eigenvalue weighted by atomic mass is 10.2. The fourth-order valence-electron chi connectivity index (χ4n) is 1.90. The monoisotopic (exact) mass is 240 g/mol. The highest BCUT2D eigenvalue weighted by Crippen LogP contribution is 2.09. The van der Waals surface area contributed by atoms with Crippen molar-refractivity contribution in [3.8, 4) is 0 Å². The van der Waals surface area contributed by atoms with E-state index in [0.29, 0.717) is 18.8 Å². The maximum atomic E-state index is 10.8. The summed E-state index contributed by atoms with van der Waals surface area (Å²) in [5.74, 6) is -1.05. The van der Waals surface area contributed by atoms with Crippen molar-refractivity contribution in [2.45, 2.75) is 19.6 Å². The summed E-state index contributed by atoms with van der Waals surface area (Å²) in [5, 5.41) is 16.4. The van der Waals surface area contributed by atoms with Crippen LogP contribution in [0.5, 0.6) is 0 Å². The molecule has 0 amide bonds. The number of hydrogen-bond acceptors (Lipinski definition) is 5. The molecule has 0 radical (unpaired) electrons. The quantitative estimate of drug-likeness (QED) is 0.775. The predicted molar refractivity (Wildman–Crippen MR) is 59.0 cm³/mol. The lowest BCUT2D eigenvalue weighted by molar-refractivity contribution is -0.0295. The number of rotatable bonds is 3. The second-order valence-corrected chi connectivity index (χ2v) is 4.27. The molecule has 94 valence electrons. The summed E-state index contributed by atoms with van der Waals surface area (Å²) >= 11 is 0. The van der Waals surface area contributed by atoms with E-state index in [-0.39, 0.29) is 11.8 Å². The standard InChI is InChI=1S/C10H16N4O3/c1-7-9(10(15)16)11-12-14(7)6-8-5-13(2)3-4-17-8/h8H,3-6H2,1-2H3,(H,15,16). The Morgan fingerprint density at radius 2 is 2.41 bits per heavy atom. The molecule has 0 aliphatic carbocycles. The summed E-state index contributed by atoms with van der Waals surface area (Å²) in [6.07, 6.45) is 0.0378. The van der Waals surface area contributed by atoms with Crippen LogP contribution in [0.15, 0.2) is 0 Å². The number of morpholine rings is 1. The van der Waals surface area contributed by atoms with E-state index in [4.69, 9.17) is 9.84 Å². The average Bonchev–Trinajstić information content (AvgIpc) is 2.61. The fraction of sp³-hybridized carbons (Fsp3) is 0.700. The van der Waals surface area contributed by atoms with Crippen molar-refractivity contribution in [3.63, 3.8) is 0 Å².